The molecule has 1 aromatic rings. The summed E-state index contributed by atoms with van der Waals surface area (Å²) in [5.74, 6) is -0.356. The van der Waals surface area contributed by atoms with Crippen LogP contribution in [0.25, 0.3) is 0 Å². The third-order valence-corrected chi connectivity index (χ3v) is 3.46. The number of carbonyl (C=O) groups excluding carboxylic acids is 3. The van der Waals surface area contributed by atoms with Crippen LogP contribution in [0.3, 0.4) is 0 Å². The number of amides is 3. The second-order valence-electron chi connectivity index (χ2n) is 5.06. The van der Waals surface area contributed by atoms with E-state index in [0.29, 0.717) is 13.1 Å². The Hall–Kier alpha value is -2.58. The fourth-order valence-electron chi connectivity index (χ4n) is 2.29. The lowest BCUT2D eigenvalue weighted by molar-refractivity contribution is -0.121. The number of nitrogens with zero attached hydrogens (tertiary/aromatic N) is 3. The van der Waals surface area contributed by atoms with Crippen molar-refractivity contribution in [3.63, 3.8) is 0 Å². The van der Waals surface area contributed by atoms with Crippen LogP contribution in [-0.4, -0.2) is 58.8 Å². The Bertz CT molecular complexity index is 597. The van der Waals surface area contributed by atoms with Gasteiger partial charge < -0.3 is 15.0 Å². The molecule has 0 radical (unpaired) electrons. The van der Waals surface area contributed by atoms with Gasteiger partial charge in [-0.1, -0.05) is 0 Å². The molecular formula is C13H19N5O4. The number of hydrogen-bond donors (Lipinski definition) is 2. The highest BCUT2D eigenvalue weighted by Crippen LogP contribution is 2.13. The average Bonchev–Trinajstić information content (AvgIpc) is 2.72. The molecule has 1 aliphatic rings. The monoisotopic (exact) mass is 309 g/mol. The molecule has 2 N–H and O–H groups in total. The van der Waals surface area contributed by atoms with Crippen molar-refractivity contribution in [3.05, 3.63) is 11.8 Å². The molecule has 0 aliphatic carbocycles. The van der Waals surface area contributed by atoms with Gasteiger partial charge in [-0.25, -0.2) is 9.59 Å². The molecule has 120 valence electrons. The maximum Gasteiger partial charge on any atom is 0.356 e. The highest BCUT2D eigenvalue weighted by Gasteiger charge is 2.26. The van der Waals surface area contributed by atoms with E-state index in [-0.39, 0.29) is 35.9 Å². The number of aromatic nitrogens is 2. The number of carbonyl (C=O) groups is 3. The number of urea groups is 1. The summed E-state index contributed by atoms with van der Waals surface area (Å²) in [6.45, 7) is 2.63. The highest BCUT2D eigenvalue weighted by molar-refractivity contribution is 5.92. The van der Waals surface area contributed by atoms with Crippen LogP contribution >= 0.6 is 0 Å². The van der Waals surface area contributed by atoms with Crippen LogP contribution in [0.5, 0.6) is 0 Å². The van der Waals surface area contributed by atoms with Gasteiger partial charge in [0.2, 0.25) is 5.91 Å². The molecule has 3 amide bonds. The lowest BCUT2D eigenvalue weighted by atomic mass is 10.2. The normalized spacial score (nSPS) is 18.4. The number of methoxy groups -OCH3 is 1. The predicted octanol–water partition coefficient (Wildman–Crippen LogP) is -0.0510. The molecule has 0 saturated carbocycles. The van der Waals surface area contributed by atoms with Gasteiger partial charge in [-0.3, -0.25) is 14.8 Å². The highest BCUT2D eigenvalue weighted by atomic mass is 16.5. The number of anilines is 1. The van der Waals surface area contributed by atoms with Gasteiger partial charge in [0.05, 0.1) is 7.11 Å². The first-order valence-electron chi connectivity index (χ1n) is 6.89. The van der Waals surface area contributed by atoms with Gasteiger partial charge in [-0.15, -0.1) is 0 Å². The SMILES string of the molecule is COC(=O)c1cc(NC(=O)N2CCNC(=O)CC2C)nn1C. The van der Waals surface area contributed by atoms with E-state index in [4.69, 9.17) is 0 Å². The zero-order chi connectivity index (χ0) is 16.3. The molecule has 2 rings (SSSR count). The van der Waals surface area contributed by atoms with Crippen molar-refractivity contribution >= 4 is 23.7 Å². The van der Waals surface area contributed by atoms with Gasteiger partial charge in [-0.2, -0.15) is 5.10 Å². The first kappa shape index (κ1) is 15.8. The predicted molar refractivity (Wildman–Crippen MR) is 77.4 cm³/mol. The summed E-state index contributed by atoms with van der Waals surface area (Å²) in [6, 6.07) is 0.861. The summed E-state index contributed by atoms with van der Waals surface area (Å²) < 4.78 is 5.96. The van der Waals surface area contributed by atoms with Crippen molar-refractivity contribution in [2.75, 3.05) is 25.5 Å². The molecule has 1 atom stereocenters. The molecule has 1 fully saturated rings. The lowest BCUT2D eigenvalue weighted by Gasteiger charge is -2.25. The van der Waals surface area contributed by atoms with Crippen LogP contribution < -0.4 is 10.6 Å². The molecule has 1 aromatic heterocycles. The molecule has 9 nitrogen and oxygen atoms in total. The largest absolute Gasteiger partial charge is 0.464 e. The van der Waals surface area contributed by atoms with Crippen molar-refractivity contribution in [1.82, 2.24) is 20.0 Å². The van der Waals surface area contributed by atoms with Crippen LogP contribution in [0.15, 0.2) is 6.07 Å². The first-order chi connectivity index (χ1) is 10.4. The molecule has 0 aromatic carbocycles. The van der Waals surface area contributed by atoms with E-state index in [1.54, 1.807) is 11.9 Å². The number of aryl methyl sites for hydroxylation is 1. The number of hydrogen-bond acceptors (Lipinski definition) is 5. The molecule has 0 spiro atoms. The Kier molecular flexibility index (Phi) is 4.64. The first-order valence-corrected chi connectivity index (χ1v) is 6.89. The van der Waals surface area contributed by atoms with Gasteiger partial charge in [0, 0.05) is 38.7 Å². The zero-order valence-electron chi connectivity index (χ0n) is 12.8. The maximum atomic E-state index is 12.3. The van der Waals surface area contributed by atoms with E-state index < -0.39 is 5.97 Å². The molecule has 1 saturated heterocycles. The van der Waals surface area contributed by atoms with E-state index in [2.05, 4.69) is 20.5 Å². The summed E-state index contributed by atoms with van der Waals surface area (Å²) in [6.07, 6.45) is 0.253. The third kappa shape index (κ3) is 3.35. The Morgan fingerprint density at radius 2 is 2.23 bits per heavy atom. The molecule has 0 bridgehead atoms. The van der Waals surface area contributed by atoms with E-state index in [0.717, 1.165) is 0 Å². The summed E-state index contributed by atoms with van der Waals surface area (Å²) >= 11 is 0. The summed E-state index contributed by atoms with van der Waals surface area (Å²) in [5, 5.41) is 9.40. The van der Waals surface area contributed by atoms with Crippen LogP contribution in [0.4, 0.5) is 10.6 Å². The Labute approximate surface area is 127 Å². The fraction of sp³-hybridized carbons (Fsp3) is 0.538. The Morgan fingerprint density at radius 1 is 1.50 bits per heavy atom. The van der Waals surface area contributed by atoms with Crippen molar-refractivity contribution in [2.24, 2.45) is 7.05 Å². The van der Waals surface area contributed by atoms with E-state index in [9.17, 15) is 14.4 Å². The molecule has 1 unspecified atom stereocenters. The van der Waals surface area contributed by atoms with Gasteiger partial charge in [0.1, 0.15) is 5.69 Å². The Balaban J connectivity index is 2.08. The quantitative estimate of drug-likeness (QED) is 0.745. The smallest absolute Gasteiger partial charge is 0.356 e. The third-order valence-electron chi connectivity index (χ3n) is 3.46. The number of ether oxygens (including phenoxy) is 1. The van der Waals surface area contributed by atoms with Crippen LogP contribution in [0, 0.1) is 0 Å². The van der Waals surface area contributed by atoms with Gasteiger partial charge >= 0.3 is 12.0 Å². The average molecular weight is 309 g/mol. The molecule has 9 heteroatoms. The number of esters is 1. The standard InChI is InChI=1S/C13H19N5O4/c1-8-6-11(19)14-4-5-18(8)13(21)15-10-7-9(12(20)22-3)17(2)16-10/h7-8H,4-6H2,1-3H3,(H,14,19)(H,15,16,21). The minimum Gasteiger partial charge on any atom is -0.464 e. The second kappa shape index (κ2) is 6.46. The van der Waals surface area contributed by atoms with E-state index in [1.165, 1.54) is 17.9 Å². The summed E-state index contributed by atoms with van der Waals surface area (Å²) in [5.41, 5.74) is 0.235. The summed E-state index contributed by atoms with van der Waals surface area (Å²) in [7, 11) is 2.86. The van der Waals surface area contributed by atoms with Crippen molar-refractivity contribution in [3.8, 4) is 0 Å². The molecule has 22 heavy (non-hydrogen) atoms. The topological polar surface area (TPSA) is 106 Å². The zero-order valence-corrected chi connectivity index (χ0v) is 12.8. The van der Waals surface area contributed by atoms with Crippen molar-refractivity contribution in [2.45, 2.75) is 19.4 Å². The minimum atomic E-state index is -0.534. The fourth-order valence-corrected chi connectivity index (χ4v) is 2.29. The van der Waals surface area contributed by atoms with Gasteiger partial charge in [-0.05, 0) is 6.92 Å². The number of rotatable bonds is 2. The number of nitrogens with one attached hydrogen (secondary N) is 2. The van der Waals surface area contributed by atoms with Gasteiger partial charge in [0.15, 0.2) is 5.82 Å². The van der Waals surface area contributed by atoms with E-state index >= 15 is 0 Å². The molecule has 2 heterocycles. The minimum absolute atomic E-state index is 0.0754. The van der Waals surface area contributed by atoms with Crippen molar-refractivity contribution < 1.29 is 19.1 Å². The Morgan fingerprint density at radius 3 is 2.91 bits per heavy atom. The molecular weight excluding hydrogens is 290 g/mol. The van der Waals surface area contributed by atoms with Gasteiger partial charge in [0.25, 0.3) is 0 Å². The lowest BCUT2D eigenvalue weighted by Crippen LogP contribution is -2.42. The van der Waals surface area contributed by atoms with Crippen LogP contribution in [0.1, 0.15) is 23.8 Å². The van der Waals surface area contributed by atoms with Crippen LogP contribution in [-0.2, 0) is 16.6 Å². The summed E-state index contributed by atoms with van der Waals surface area (Å²) in [4.78, 5) is 36.8. The second-order valence-corrected chi connectivity index (χ2v) is 5.06. The van der Waals surface area contributed by atoms with Crippen LogP contribution in [0.2, 0.25) is 0 Å². The van der Waals surface area contributed by atoms with Crippen molar-refractivity contribution in [1.29, 1.82) is 0 Å². The van der Waals surface area contributed by atoms with E-state index in [1.807, 2.05) is 6.92 Å². The maximum absolute atomic E-state index is 12.3. The molecule has 1 aliphatic heterocycles.